The molecular formula is C23H27NO7S. The molecule has 0 amide bonds. The molecule has 9 heteroatoms. The Balaban J connectivity index is 1.67. The zero-order valence-corrected chi connectivity index (χ0v) is 19.3. The average Bonchev–Trinajstić information content (AvgIpc) is 2.78. The van der Waals surface area contributed by atoms with Crippen LogP contribution in [0.4, 0.5) is 0 Å². The summed E-state index contributed by atoms with van der Waals surface area (Å²) in [6, 6.07) is 12.0. The third kappa shape index (κ3) is 5.35. The third-order valence-corrected chi connectivity index (χ3v) is 6.99. The largest absolute Gasteiger partial charge is 0.497 e. The fourth-order valence-corrected chi connectivity index (χ4v) is 5.10. The van der Waals surface area contributed by atoms with Crippen LogP contribution in [-0.4, -0.2) is 63.0 Å². The summed E-state index contributed by atoms with van der Waals surface area (Å²) in [7, 11) is -2.18. The summed E-state index contributed by atoms with van der Waals surface area (Å²) >= 11 is 0. The van der Waals surface area contributed by atoms with Crippen LogP contribution < -0.4 is 4.74 Å². The standard InChI is InChI=1S/C23H27NO7S/c1-15-13-24(14-16(2)30-15)32(27,28)21-11-7-19(8-12-21)23(26)31-17(3)22(25)18-5-9-20(29-4)10-6-18/h5-12,15-17H,13-14H2,1-4H3/t15-,16-,17-/m0/s1. The second-order valence-electron chi connectivity index (χ2n) is 7.74. The van der Waals surface area contributed by atoms with Crippen LogP contribution in [0.25, 0.3) is 0 Å². The molecule has 0 aliphatic carbocycles. The number of carbonyl (C=O) groups excluding carboxylic acids is 2. The van der Waals surface area contributed by atoms with Gasteiger partial charge in [0.05, 0.1) is 29.8 Å². The number of Topliss-reactive ketones (excluding diaryl/α,β-unsaturated/α-hetero) is 1. The molecule has 3 rings (SSSR count). The van der Waals surface area contributed by atoms with Crippen LogP contribution in [0.15, 0.2) is 53.4 Å². The lowest BCUT2D eigenvalue weighted by Gasteiger charge is -2.34. The summed E-state index contributed by atoms with van der Waals surface area (Å²) < 4.78 is 43.2. The molecule has 1 aliphatic heterocycles. The summed E-state index contributed by atoms with van der Waals surface area (Å²) in [5.74, 6) is -0.449. The molecule has 0 spiro atoms. The smallest absolute Gasteiger partial charge is 0.338 e. The number of methoxy groups -OCH3 is 1. The molecule has 1 saturated heterocycles. The lowest BCUT2D eigenvalue weighted by Crippen LogP contribution is -2.48. The van der Waals surface area contributed by atoms with E-state index in [-0.39, 0.29) is 41.5 Å². The van der Waals surface area contributed by atoms with E-state index in [0.29, 0.717) is 11.3 Å². The third-order valence-electron chi connectivity index (χ3n) is 5.14. The van der Waals surface area contributed by atoms with Crippen molar-refractivity contribution in [2.45, 2.75) is 44.0 Å². The number of sulfonamides is 1. The van der Waals surface area contributed by atoms with Crippen molar-refractivity contribution in [3.8, 4) is 5.75 Å². The van der Waals surface area contributed by atoms with Gasteiger partial charge in [0.1, 0.15) is 5.75 Å². The van der Waals surface area contributed by atoms with Crippen LogP contribution in [0, 0.1) is 0 Å². The number of benzene rings is 2. The van der Waals surface area contributed by atoms with Gasteiger partial charge in [0.25, 0.3) is 0 Å². The maximum atomic E-state index is 12.9. The highest BCUT2D eigenvalue weighted by Crippen LogP contribution is 2.22. The highest BCUT2D eigenvalue weighted by atomic mass is 32.2. The second kappa shape index (κ2) is 9.81. The SMILES string of the molecule is COc1ccc(C(=O)[C@H](C)OC(=O)c2ccc(S(=O)(=O)N3C[C@H](C)O[C@@H](C)C3)cc2)cc1. The van der Waals surface area contributed by atoms with Crippen molar-refractivity contribution in [2.75, 3.05) is 20.2 Å². The van der Waals surface area contributed by atoms with E-state index in [1.165, 1.54) is 42.6 Å². The Bertz CT molecular complexity index is 1050. The summed E-state index contributed by atoms with van der Waals surface area (Å²) in [6.45, 7) is 5.67. The average molecular weight is 462 g/mol. The van der Waals surface area contributed by atoms with Crippen molar-refractivity contribution in [2.24, 2.45) is 0 Å². The molecule has 0 saturated carbocycles. The molecule has 8 nitrogen and oxygen atoms in total. The molecule has 172 valence electrons. The number of rotatable bonds is 7. The molecule has 0 aromatic heterocycles. The fraction of sp³-hybridized carbons (Fsp3) is 0.391. The molecule has 32 heavy (non-hydrogen) atoms. The van der Waals surface area contributed by atoms with Crippen LogP contribution in [0.1, 0.15) is 41.5 Å². The van der Waals surface area contributed by atoms with Crippen LogP contribution in [0.2, 0.25) is 0 Å². The Kier molecular flexibility index (Phi) is 7.33. The van der Waals surface area contributed by atoms with Gasteiger partial charge in [-0.25, -0.2) is 13.2 Å². The molecule has 0 unspecified atom stereocenters. The Morgan fingerprint density at radius 3 is 2.03 bits per heavy atom. The molecule has 2 aromatic carbocycles. The van der Waals surface area contributed by atoms with Gasteiger partial charge in [-0.1, -0.05) is 0 Å². The van der Waals surface area contributed by atoms with Crippen LogP contribution >= 0.6 is 0 Å². The monoisotopic (exact) mass is 461 g/mol. The second-order valence-corrected chi connectivity index (χ2v) is 9.68. The summed E-state index contributed by atoms with van der Waals surface area (Å²) in [6.07, 6.45) is -1.41. The van der Waals surface area contributed by atoms with E-state index in [4.69, 9.17) is 14.2 Å². The van der Waals surface area contributed by atoms with Gasteiger partial charge in [-0.15, -0.1) is 0 Å². The fourth-order valence-electron chi connectivity index (χ4n) is 3.51. The lowest BCUT2D eigenvalue weighted by atomic mass is 10.1. The van der Waals surface area contributed by atoms with Gasteiger partial charge in [-0.05, 0) is 69.3 Å². The van der Waals surface area contributed by atoms with Gasteiger partial charge in [0, 0.05) is 18.7 Å². The number of hydrogen-bond acceptors (Lipinski definition) is 7. The van der Waals surface area contributed by atoms with Gasteiger partial charge in [0.15, 0.2) is 6.10 Å². The number of hydrogen-bond donors (Lipinski definition) is 0. The number of nitrogens with zero attached hydrogens (tertiary/aromatic N) is 1. The molecule has 1 aliphatic rings. The van der Waals surface area contributed by atoms with Crippen LogP contribution in [0.5, 0.6) is 5.75 Å². The number of carbonyl (C=O) groups is 2. The Morgan fingerprint density at radius 1 is 0.969 bits per heavy atom. The van der Waals surface area contributed by atoms with Gasteiger partial charge in [0.2, 0.25) is 15.8 Å². The highest BCUT2D eigenvalue weighted by Gasteiger charge is 2.32. The Labute approximate surface area is 188 Å². The molecule has 0 N–H and O–H groups in total. The highest BCUT2D eigenvalue weighted by molar-refractivity contribution is 7.89. The molecule has 0 bridgehead atoms. The first-order valence-electron chi connectivity index (χ1n) is 10.3. The van der Waals surface area contributed by atoms with E-state index in [1.807, 2.05) is 13.8 Å². The molecule has 2 aromatic rings. The normalized spacial score (nSPS) is 20.4. The Hall–Kier alpha value is -2.75. The maximum Gasteiger partial charge on any atom is 0.338 e. The molecular weight excluding hydrogens is 434 g/mol. The van der Waals surface area contributed by atoms with Gasteiger partial charge < -0.3 is 14.2 Å². The van der Waals surface area contributed by atoms with Gasteiger partial charge >= 0.3 is 5.97 Å². The first-order chi connectivity index (χ1) is 15.1. The topological polar surface area (TPSA) is 99.2 Å². The zero-order valence-electron chi connectivity index (χ0n) is 18.5. The van der Waals surface area contributed by atoms with Gasteiger partial charge in [-0.3, -0.25) is 4.79 Å². The van der Waals surface area contributed by atoms with E-state index >= 15 is 0 Å². The van der Waals surface area contributed by atoms with Crippen LogP contribution in [-0.2, 0) is 19.5 Å². The minimum Gasteiger partial charge on any atom is -0.497 e. The van der Waals surface area contributed by atoms with Crippen molar-refractivity contribution in [1.29, 1.82) is 0 Å². The minimum atomic E-state index is -3.71. The van der Waals surface area contributed by atoms with Crippen LogP contribution in [0.3, 0.4) is 0 Å². The quantitative estimate of drug-likeness (QED) is 0.462. The van der Waals surface area contributed by atoms with E-state index in [0.717, 1.165) is 0 Å². The van der Waals surface area contributed by atoms with E-state index in [2.05, 4.69) is 0 Å². The first-order valence-corrected chi connectivity index (χ1v) is 11.7. The van der Waals surface area contributed by atoms with Crippen molar-refractivity contribution >= 4 is 21.8 Å². The van der Waals surface area contributed by atoms with Crippen molar-refractivity contribution in [3.63, 3.8) is 0 Å². The number of ether oxygens (including phenoxy) is 3. The number of morpholine rings is 1. The maximum absolute atomic E-state index is 12.9. The van der Waals surface area contributed by atoms with E-state index < -0.39 is 22.1 Å². The molecule has 1 fully saturated rings. The minimum absolute atomic E-state index is 0.0812. The Morgan fingerprint density at radius 2 is 1.50 bits per heavy atom. The van der Waals surface area contributed by atoms with Gasteiger partial charge in [-0.2, -0.15) is 4.31 Å². The lowest BCUT2D eigenvalue weighted by molar-refractivity contribution is -0.0440. The summed E-state index contributed by atoms with van der Waals surface area (Å²) in [5, 5.41) is 0. The zero-order chi connectivity index (χ0) is 23.5. The summed E-state index contributed by atoms with van der Waals surface area (Å²) in [4.78, 5) is 25.1. The van der Waals surface area contributed by atoms with Crippen molar-refractivity contribution in [3.05, 3.63) is 59.7 Å². The molecule has 1 heterocycles. The van der Waals surface area contributed by atoms with Crippen molar-refractivity contribution in [1.82, 2.24) is 4.31 Å². The molecule has 3 atom stereocenters. The van der Waals surface area contributed by atoms with E-state index in [1.54, 1.807) is 24.3 Å². The van der Waals surface area contributed by atoms with Crippen molar-refractivity contribution < 1.29 is 32.2 Å². The predicted molar refractivity (Wildman–Crippen MR) is 117 cm³/mol. The predicted octanol–water partition coefficient (Wildman–Crippen LogP) is 2.92. The number of esters is 1. The molecule has 0 radical (unpaired) electrons. The number of ketones is 1. The first kappa shape index (κ1) is 23.9. The summed E-state index contributed by atoms with van der Waals surface area (Å²) in [5.41, 5.74) is 0.545. The van der Waals surface area contributed by atoms with E-state index in [9.17, 15) is 18.0 Å².